The van der Waals surface area contributed by atoms with Gasteiger partial charge in [-0.1, -0.05) is 59.7 Å². The highest BCUT2D eigenvalue weighted by Crippen LogP contribution is 2.30. The highest BCUT2D eigenvalue weighted by molar-refractivity contribution is 5.93. The van der Waals surface area contributed by atoms with E-state index in [4.69, 9.17) is 5.73 Å². The Hall–Kier alpha value is -1.35. The Morgan fingerprint density at radius 2 is 1.71 bits per heavy atom. The highest BCUT2D eigenvalue weighted by Gasteiger charge is 2.25. The smallest absolute Gasteiger partial charge is 0.228 e. The first kappa shape index (κ1) is 17.7. The molecule has 0 heterocycles. The molecule has 3 N–H and O–H groups in total. The molecule has 0 bridgehead atoms. The number of rotatable bonds is 4. The third-order valence-corrected chi connectivity index (χ3v) is 3.51. The number of hydrogen-bond donors (Lipinski definition) is 2. The molecule has 0 saturated carbocycles. The molecule has 0 radical (unpaired) electrons. The van der Waals surface area contributed by atoms with Gasteiger partial charge in [-0.05, 0) is 28.9 Å². The Morgan fingerprint density at radius 1 is 1.14 bits per heavy atom. The number of para-hydroxylation sites is 1. The molecular weight excluding hydrogens is 260 g/mol. The summed E-state index contributed by atoms with van der Waals surface area (Å²) in [4.78, 5) is 12.5. The van der Waals surface area contributed by atoms with E-state index >= 15 is 0 Å². The van der Waals surface area contributed by atoms with Crippen LogP contribution in [0.1, 0.15) is 53.5 Å². The molecule has 1 aromatic carbocycles. The Morgan fingerprint density at radius 3 is 2.19 bits per heavy atom. The van der Waals surface area contributed by atoms with Crippen molar-refractivity contribution in [1.82, 2.24) is 0 Å². The van der Waals surface area contributed by atoms with Crippen LogP contribution < -0.4 is 11.1 Å². The van der Waals surface area contributed by atoms with Gasteiger partial charge in [-0.25, -0.2) is 0 Å². The Balaban J connectivity index is 2.93. The molecule has 118 valence electrons. The van der Waals surface area contributed by atoms with Gasteiger partial charge in [0.2, 0.25) is 5.91 Å². The van der Waals surface area contributed by atoms with Crippen LogP contribution in [0.5, 0.6) is 0 Å². The minimum atomic E-state index is -0.155. The van der Waals surface area contributed by atoms with Crippen LogP contribution in [0.2, 0.25) is 0 Å². The lowest BCUT2D eigenvalue weighted by molar-refractivity contribution is -0.120. The van der Waals surface area contributed by atoms with E-state index in [1.807, 2.05) is 18.2 Å². The molecule has 0 saturated heterocycles. The van der Waals surface area contributed by atoms with Crippen LogP contribution in [0.15, 0.2) is 24.3 Å². The number of nitrogens with two attached hydrogens (primary N) is 1. The molecule has 3 nitrogen and oxygen atoms in total. The molecule has 0 aliphatic heterocycles. The number of hydrogen-bond acceptors (Lipinski definition) is 2. The molecule has 0 fully saturated rings. The summed E-state index contributed by atoms with van der Waals surface area (Å²) in [6.07, 6.45) is 0.785. The van der Waals surface area contributed by atoms with E-state index in [1.165, 1.54) is 0 Å². The predicted molar refractivity (Wildman–Crippen MR) is 90.4 cm³/mol. The zero-order chi connectivity index (χ0) is 16.3. The summed E-state index contributed by atoms with van der Waals surface area (Å²) in [5, 5.41) is 3.07. The van der Waals surface area contributed by atoms with Gasteiger partial charge < -0.3 is 11.1 Å². The molecule has 1 atom stereocenters. The van der Waals surface area contributed by atoms with Crippen LogP contribution >= 0.6 is 0 Å². The number of amides is 1. The standard InChI is InChI=1S/C18H30N2O/c1-17(2,3)11-13(12-19)16(21)20-15-10-8-7-9-14(15)18(4,5)6/h7-10,13H,11-12,19H2,1-6H3,(H,20,21). The molecule has 1 aromatic rings. The number of nitrogens with one attached hydrogen (secondary N) is 1. The number of carbonyl (C=O) groups excluding carboxylic acids is 1. The van der Waals surface area contributed by atoms with Crippen molar-refractivity contribution in [1.29, 1.82) is 0 Å². The lowest BCUT2D eigenvalue weighted by Crippen LogP contribution is -2.33. The van der Waals surface area contributed by atoms with Gasteiger partial charge in [-0.3, -0.25) is 4.79 Å². The van der Waals surface area contributed by atoms with Gasteiger partial charge >= 0.3 is 0 Å². The van der Waals surface area contributed by atoms with E-state index < -0.39 is 0 Å². The van der Waals surface area contributed by atoms with Crippen LogP contribution in [0.3, 0.4) is 0 Å². The van der Waals surface area contributed by atoms with Crippen molar-refractivity contribution in [2.75, 3.05) is 11.9 Å². The Bertz CT molecular complexity index is 481. The van der Waals surface area contributed by atoms with E-state index in [9.17, 15) is 4.79 Å². The zero-order valence-corrected chi connectivity index (χ0v) is 14.3. The first-order valence-corrected chi connectivity index (χ1v) is 7.65. The van der Waals surface area contributed by atoms with Crippen molar-refractivity contribution in [2.45, 2.75) is 53.4 Å². The van der Waals surface area contributed by atoms with E-state index in [-0.39, 0.29) is 22.7 Å². The fourth-order valence-corrected chi connectivity index (χ4v) is 2.50. The Labute approximate surface area is 129 Å². The molecule has 1 unspecified atom stereocenters. The third-order valence-electron chi connectivity index (χ3n) is 3.51. The highest BCUT2D eigenvalue weighted by atomic mass is 16.1. The topological polar surface area (TPSA) is 55.1 Å². The molecule has 0 aromatic heterocycles. The summed E-state index contributed by atoms with van der Waals surface area (Å²) in [5.74, 6) is -0.137. The van der Waals surface area contributed by atoms with Crippen molar-refractivity contribution in [3.05, 3.63) is 29.8 Å². The SMILES string of the molecule is CC(C)(C)CC(CN)C(=O)Nc1ccccc1C(C)(C)C. The van der Waals surface area contributed by atoms with Crippen molar-refractivity contribution in [2.24, 2.45) is 17.1 Å². The quantitative estimate of drug-likeness (QED) is 0.882. The summed E-state index contributed by atoms with van der Waals surface area (Å²) < 4.78 is 0. The molecule has 21 heavy (non-hydrogen) atoms. The number of benzene rings is 1. The molecule has 0 aliphatic carbocycles. The maximum atomic E-state index is 12.5. The molecule has 3 heteroatoms. The molecule has 1 amide bonds. The van der Waals surface area contributed by atoms with Crippen LogP contribution in [-0.4, -0.2) is 12.5 Å². The first-order valence-electron chi connectivity index (χ1n) is 7.65. The minimum Gasteiger partial charge on any atom is -0.330 e. The van der Waals surface area contributed by atoms with E-state index in [1.54, 1.807) is 0 Å². The molecule has 0 aliphatic rings. The molecular formula is C18H30N2O. The van der Waals surface area contributed by atoms with Gasteiger partial charge in [-0.2, -0.15) is 0 Å². The number of anilines is 1. The second-order valence-corrected chi connectivity index (χ2v) is 7.98. The van der Waals surface area contributed by atoms with Crippen molar-refractivity contribution >= 4 is 11.6 Å². The third kappa shape index (κ3) is 5.50. The van der Waals surface area contributed by atoms with E-state index in [0.717, 1.165) is 17.7 Å². The lowest BCUT2D eigenvalue weighted by atomic mass is 9.83. The van der Waals surface area contributed by atoms with E-state index in [2.05, 4.69) is 52.9 Å². The van der Waals surface area contributed by atoms with Gasteiger partial charge in [0.25, 0.3) is 0 Å². The van der Waals surface area contributed by atoms with Crippen LogP contribution in [0.25, 0.3) is 0 Å². The summed E-state index contributed by atoms with van der Waals surface area (Å²) in [6.45, 7) is 13.2. The summed E-state index contributed by atoms with van der Waals surface area (Å²) in [5.41, 5.74) is 7.91. The fraction of sp³-hybridized carbons (Fsp3) is 0.611. The minimum absolute atomic E-state index is 0.00783. The zero-order valence-electron chi connectivity index (χ0n) is 14.3. The average molecular weight is 290 g/mol. The summed E-state index contributed by atoms with van der Waals surface area (Å²) >= 11 is 0. The van der Waals surface area contributed by atoms with Gasteiger partial charge in [0, 0.05) is 12.2 Å². The van der Waals surface area contributed by atoms with Crippen molar-refractivity contribution in [3.8, 4) is 0 Å². The van der Waals surface area contributed by atoms with Gasteiger partial charge in [0.1, 0.15) is 0 Å². The van der Waals surface area contributed by atoms with Gasteiger partial charge in [0.05, 0.1) is 5.92 Å². The maximum absolute atomic E-state index is 12.5. The van der Waals surface area contributed by atoms with Crippen LogP contribution in [0.4, 0.5) is 5.69 Å². The Kier molecular flexibility index (Phi) is 5.57. The summed E-state index contributed by atoms with van der Waals surface area (Å²) in [6, 6.07) is 7.98. The van der Waals surface area contributed by atoms with E-state index in [0.29, 0.717) is 6.54 Å². The molecule has 0 spiro atoms. The number of carbonyl (C=O) groups is 1. The fourth-order valence-electron chi connectivity index (χ4n) is 2.50. The van der Waals surface area contributed by atoms with Gasteiger partial charge in [-0.15, -0.1) is 0 Å². The van der Waals surface area contributed by atoms with Gasteiger partial charge in [0.15, 0.2) is 0 Å². The molecule has 1 rings (SSSR count). The average Bonchev–Trinajstić information content (AvgIpc) is 2.34. The van der Waals surface area contributed by atoms with Crippen LogP contribution in [-0.2, 0) is 10.2 Å². The maximum Gasteiger partial charge on any atom is 0.228 e. The largest absolute Gasteiger partial charge is 0.330 e. The monoisotopic (exact) mass is 290 g/mol. The lowest BCUT2D eigenvalue weighted by Gasteiger charge is -2.26. The van der Waals surface area contributed by atoms with Crippen LogP contribution in [0, 0.1) is 11.3 Å². The second-order valence-electron chi connectivity index (χ2n) is 7.98. The first-order chi connectivity index (χ1) is 9.54. The predicted octanol–water partition coefficient (Wildman–Crippen LogP) is 3.93. The second kappa shape index (κ2) is 6.61. The normalized spacial score (nSPS) is 13.9. The van der Waals surface area contributed by atoms with Crippen molar-refractivity contribution < 1.29 is 4.79 Å². The van der Waals surface area contributed by atoms with Crippen molar-refractivity contribution in [3.63, 3.8) is 0 Å². The summed E-state index contributed by atoms with van der Waals surface area (Å²) in [7, 11) is 0.